The van der Waals surface area contributed by atoms with Gasteiger partial charge in [-0.05, 0) is 45.1 Å². The van der Waals surface area contributed by atoms with Crippen molar-refractivity contribution in [3.05, 3.63) is 0 Å². The summed E-state index contributed by atoms with van der Waals surface area (Å²) < 4.78 is 31.8. The van der Waals surface area contributed by atoms with Gasteiger partial charge < -0.3 is 10.1 Å². The number of unbranched alkanes of at least 4 members (excludes halogenated alkanes) is 1. The Bertz CT molecular complexity index is 376. The molecule has 118 valence electrons. The Morgan fingerprint density at radius 1 is 1.25 bits per heavy atom. The molecule has 0 aromatic carbocycles. The van der Waals surface area contributed by atoms with E-state index >= 15 is 0 Å². The summed E-state index contributed by atoms with van der Waals surface area (Å²) >= 11 is 0. The molecule has 0 aromatic rings. The highest BCUT2D eigenvalue weighted by Gasteiger charge is 2.26. The van der Waals surface area contributed by atoms with Crippen LogP contribution < -0.4 is 5.32 Å². The first-order valence-electron chi connectivity index (χ1n) is 7.94. The van der Waals surface area contributed by atoms with Crippen LogP contribution in [0.4, 0.5) is 0 Å². The molecule has 0 amide bonds. The Hall–Kier alpha value is -0.170. The first-order chi connectivity index (χ1) is 9.62. The van der Waals surface area contributed by atoms with Crippen molar-refractivity contribution in [2.24, 2.45) is 0 Å². The third kappa shape index (κ3) is 5.31. The fourth-order valence-electron chi connectivity index (χ4n) is 2.59. The summed E-state index contributed by atoms with van der Waals surface area (Å²) in [6.07, 6.45) is 6.37. The molecule has 1 saturated carbocycles. The second-order valence-corrected chi connectivity index (χ2v) is 7.93. The van der Waals surface area contributed by atoms with Gasteiger partial charge in [-0.1, -0.05) is 6.92 Å². The van der Waals surface area contributed by atoms with Gasteiger partial charge >= 0.3 is 0 Å². The van der Waals surface area contributed by atoms with Gasteiger partial charge in [-0.3, -0.25) is 0 Å². The number of nitrogens with one attached hydrogen (secondary N) is 1. The Labute approximate surface area is 123 Å². The van der Waals surface area contributed by atoms with E-state index in [0.717, 1.165) is 38.8 Å². The first-order valence-corrected chi connectivity index (χ1v) is 9.55. The molecule has 1 saturated heterocycles. The van der Waals surface area contributed by atoms with Crippen LogP contribution in [0.25, 0.3) is 0 Å². The van der Waals surface area contributed by atoms with Gasteiger partial charge in [-0.2, -0.15) is 4.31 Å². The second kappa shape index (κ2) is 7.73. The lowest BCUT2D eigenvalue weighted by Crippen LogP contribution is -2.38. The minimum Gasteiger partial charge on any atom is -0.377 e. The highest BCUT2D eigenvalue weighted by Crippen LogP contribution is 2.18. The van der Waals surface area contributed by atoms with Gasteiger partial charge in [0.2, 0.25) is 10.0 Å². The number of sulfonamides is 1. The molecule has 0 spiro atoms. The average molecular weight is 304 g/mol. The molecular weight excluding hydrogens is 276 g/mol. The molecule has 0 radical (unpaired) electrons. The van der Waals surface area contributed by atoms with Gasteiger partial charge in [-0.15, -0.1) is 0 Å². The third-order valence-corrected chi connectivity index (χ3v) is 6.02. The van der Waals surface area contributed by atoms with Crippen LogP contribution in [0.15, 0.2) is 0 Å². The fourth-order valence-corrected chi connectivity index (χ4v) is 4.20. The molecule has 1 aliphatic carbocycles. The van der Waals surface area contributed by atoms with Gasteiger partial charge in [0, 0.05) is 25.7 Å². The largest absolute Gasteiger partial charge is 0.377 e. The second-order valence-electron chi connectivity index (χ2n) is 5.84. The summed E-state index contributed by atoms with van der Waals surface area (Å²) in [6.45, 7) is 4.69. The summed E-state index contributed by atoms with van der Waals surface area (Å²) in [7, 11) is -3.12. The van der Waals surface area contributed by atoms with Crippen LogP contribution in [0.3, 0.4) is 0 Å². The van der Waals surface area contributed by atoms with E-state index in [-0.39, 0.29) is 11.9 Å². The predicted octanol–water partition coefficient (Wildman–Crippen LogP) is 1.35. The summed E-state index contributed by atoms with van der Waals surface area (Å²) in [5, 5.41) is 3.42. The standard InChI is InChI=1S/C14H28N2O3S/c1-2-16(12-14-6-5-10-19-14)20(17,18)11-4-3-9-15-13-7-8-13/h13-15H,2-12H2,1H3. The van der Waals surface area contributed by atoms with Crippen molar-refractivity contribution in [3.8, 4) is 0 Å². The van der Waals surface area contributed by atoms with Gasteiger partial charge in [0.05, 0.1) is 11.9 Å². The van der Waals surface area contributed by atoms with E-state index in [1.165, 1.54) is 12.8 Å². The van der Waals surface area contributed by atoms with Crippen LogP contribution in [-0.2, 0) is 14.8 Å². The minimum atomic E-state index is -3.12. The Kier molecular flexibility index (Phi) is 6.26. The summed E-state index contributed by atoms with van der Waals surface area (Å²) in [6, 6.07) is 0.707. The maximum absolute atomic E-state index is 12.3. The normalized spacial score (nSPS) is 23.6. The van der Waals surface area contributed by atoms with Crippen molar-refractivity contribution in [3.63, 3.8) is 0 Å². The predicted molar refractivity (Wildman–Crippen MR) is 80.3 cm³/mol. The van der Waals surface area contributed by atoms with Crippen LogP contribution in [0, 0.1) is 0 Å². The molecule has 1 unspecified atom stereocenters. The number of rotatable bonds is 10. The average Bonchev–Trinajstić information content (AvgIpc) is 3.10. The molecule has 1 N–H and O–H groups in total. The molecule has 20 heavy (non-hydrogen) atoms. The Balaban J connectivity index is 1.67. The summed E-state index contributed by atoms with van der Waals surface area (Å²) in [5.74, 6) is 0.264. The number of ether oxygens (including phenoxy) is 1. The number of hydrogen-bond donors (Lipinski definition) is 1. The van der Waals surface area contributed by atoms with Gasteiger partial charge in [0.25, 0.3) is 0 Å². The van der Waals surface area contributed by atoms with Crippen molar-refractivity contribution in [1.29, 1.82) is 0 Å². The van der Waals surface area contributed by atoms with Crippen LogP contribution in [0.2, 0.25) is 0 Å². The van der Waals surface area contributed by atoms with E-state index in [2.05, 4.69) is 5.32 Å². The van der Waals surface area contributed by atoms with Crippen LogP contribution >= 0.6 is 0 Å². The molecule has 2 aliphatic rings. The van der Waals surface area contributed by atoms with Crippen molar-refractivity contribution in [1.82, 2.24) is 9.62 Å². The van der Waals surface area contributed by atoms with Crippen molar-refractivity contribution >= 4 is 10.0 Å². The fraction of sp³-hybridized carbons (Fsp3) is 1.00. The first kappa shape index (κ1) is 16.2. The summed E-state index contributed by atoms with van der Waals surface area (Å²) in [4.78, 5) is 0. The van der Waals surface area contributed by atoms with Gasteiger partial charge in [0.15, 0.2) is 0 Å². The molecule has 2 rings (SSSR count). The van der Waals surface area contributed by atoms with E-state index in [4.69, 9.17) is 4.74 Å². The molecule has 2 fully saturated rings. The molecule has 0 bridgehead atoms. The van der Waals surface area contributed by atoms with E-state index in [0.29, 0.717) is 19.1 Å². The molecular formula is C14H28N2O3S. The topological polar surface area (TPSA) is 58.6 Å². The van der Waals surface area contributed by atoms with Crippen LogP contribution in [-0.4, -0.2) is 56.9 Å². The van der Waals surface area contributed by atoms with E-state index in [1.807, 2.05) is 6.92 Å². The maximum atomic E-state index is 12.3. The third-order valence-electron chi connectivity index (χ3n) is 4.02. The zero-order valence-corrected chi connectivity index (χ0v) is 13.3. The minimum absolute atomic E-state index is 0.0984. The molecule has 6 heteroatoms. The molecule has 1 heterocycles. The monoisotopic (exact) mass is 304 g/mol. The molecule has 1 aliphatic heterocycles. The number of hydrogen-bond acceptors (Lipinski definition) is 4. The SMILES string of the molecule is CCN(CC1CCCO1)S(=O)(=O)CCCCNC1CC1. The lowest BCUT2D eigenvalue weighted by atomic mass is 10.2. The quantitative estimate of drug-likeness (QED) is 0.619. The Morgan fingerprint density at radius 2 is 2.05 bits per heavy atom. The van der Waals surface area contributed by atoms with Crippen LogP contribution in [0.1, 0.15) is 45.4 Å². The highest BCUT2D eigenvalue weighted by molar-refractivity contribution is 7.89. The maximum Gasteiger partial charge on any atom is 0.214 e. The van der Waals surface area contributed by atoms with E-state index in [9.17, 15) is 8.42 Å². The van der Waals surface area contributed by atoms with Crippen molar-refractivity contribution in [2.45, 2.75) is 57.6 Å². The van der Waals surface area contributed by atoms with E-state index in [1.54, 1.807) is 4.31 Å². The highest BCUT2D eigenvalue weighted by atomic mass is 32.2. The Morgan fingerprint density at radius 3 is 2.65 bits per heavy atom. The number of nitrogens with zero attached hydrogens (tertiary/aromatic N) is 1. The zero-order valence-electron chi connectivity index (χ0n) is 12.5. The lowest BCUT2D eigenvalue weighted by Gasteiger charge is -2.23. The lowest BCUT2D eigenvalue weighted by molar-refractivity contribution is 0.0947. The molecule has 0 aromatic heterocycles. The smallest absolute Gasteiger partial charge is 0.214 e. The number of likely N-dealkylation sites (N-methyl/N-ethyl adjacent to an activating group) is 1. The van der Waals surface area contributed by atoms with Crippen molar-refractivity contribution < 1.29 is 13.2 Å². The van der Waals surface area contributed by atoms with Gasteiger partial charge in [-0.25, -0.2) is 8.42 Å². The molecule has 5 nitrogen and oxygen atoms in total. The van der Waals surface area contributed by atoms with Crippen LogP contribution in [0.5, 0.6) is 0 Å². The van der Waals surface area contributed by atoms with Gasteiger partial charge in [0.1, 0.15) is 0 Å². The summed E-state index contributed by atoms with van der Waals surface area (Å²) in [5.41, 5.74) is 0. The van der Waals surface area contributed by atoms with Crippen molar-refractivity contribution in [2.75, 3.05) is 32.0 Å². The van der Waals surface area contributed by atoms with E-state index < -0.39 is 10.0 Å². The zero-order chi connectivity index (χ0) is 14.4. The molecule has 1 atom stereocenters.